The monoisotopic (exact) mass is 373 g/mol. The number of benzene rings is 1. The van der Waals surface area contributed by atoms with Crippen LogP contribution in [-0.4, -0.2) is 86.7 Å². The first-order chi connectivity index (χ1) is 13.3. The highest BCUT2D eigenvalue weighted by atomic mass is 16.5. The number of morpholine rings is 1. The van der Waals surface area contributed by atoms with Crippen LogP contribution in [-0.2, 0) is 4.74 Å². The summed E-state index contributed by atoms with van der Waals surface area (Å²) in [6.45, 7) is 9.78. The van der Waals surface area contributed by atoms with Gasteiger partial charge in [0.15, 0.2) is 5.96 Å². The Morgan fingerprint density at radius 3 is 2.70 bits per heavy atom. The number of guanidine groups is 1. The second-order valence-electron chi connectivity index (χ2n) is 6.89. The number of carbonyl (C=O) groups is 1. The van der Waals surface area contributed by atoms with Crippen molar-refractivity contribution in [1.29, 1.82) is 0 Å². The SMILES string of the molecule is CCNC(=NCCNC(=O)c1ccccc1)N1CCC(N2CCOCC2)C1. The number of hydrogen-bond acceptors (Lipinski definition) is 4. The smallest absolute Gasteiger partial charge is 0.251 e. The van der Waals surface area contributed by atoms with Crippen molar-refractivity contribution in [3.8, 4) is 0 Å². The number of nitrogens with zero attached hydrogens (tertiary/aromatic N) is 3. The molecule has 0 aromatic heterocycles. The summed E-state index contributed by atoms with van der Waals surface area (Å²) in [5.41, 5.74) is 0.682. The Morgan fingerprint density at radius 1 is 1.19 bits per heavy atom. The topological polar surface area (TPSA) is 69.2 Å². The third-order valence-electron chi connectivity index (χ3n) is 5.05. The normalized spacial score (nSPS) is 21.3. The first-order valence-electron chi connectivity index (χ1n) is 9.96. The van der Waals surface area contributed by atoms with Crippen molar-refractivity contribution < 1.29 is 9.53 Å². The van der Waals surface area contributed by atoms with Gasteiger partial charge < -0.3 is 20.3 Å². The standard InChI is InChI=1S/C20H31N5O2/c1-2-21-20(23-10-9-22-19(26)17-6-4-3-5-7-17)25-11-8-18(16-25)24-12-14-27-15-13-24/h3-7,18H,2,8-16H2,1H3,(H,21,23)(H,22,26). The van der Waals surface area contributed by atoms with E-state index in [0.29, 0.717) is 24.7 Å². The summed E-state index contributed by atoms with van der Waals surface area (Å²) in [4.78, 5) is 21.7. The molecule has 3 rings (SSSR count). The van der Waals surface area contributed by atoms with Crippen molar-refractivity contribution in [2.75, 3.05) is 59.0 Å². The van der Waals surface area contributed by atoms with Crippen LogP contribution in [0.15, 0.2) is 35.3 Å². The molecule has 1 atom stereocenters. The first-order valence-corrected chi connectivity index (χ1v) is 9.96. The van der Waals surface area contributed by atoms with Gasteiger partial charge in [-0.2, -0.15) is 0 Å². The van der Waals surface area contributed by atoms with E-state index in [9.17, 15) is 4.79 Å². The molecule has 2 aliphatic heterocycles. The average Bonchev–Trinajstić information content (AvgIpc) is 3.21. The summed E-state index contributed by atoms with van der Waals surface area (Å²) in [5, 5.41) is 6.32. The maximum absolute atomic E-state index is 12.1. The molecule has 0 aliphatic carbocycles. The molecule has 2 heterocycles. The largest absolute Gasteiger partial charge is 0.379 e. The second-order valence-corrected chi connectivity index (χ2v) is 6.89. The fraction of sp³-hybridized carbons (Fsp3) is 0.600. The van der Waals surface area contributed by atoms with Crippen molar-refractivity contribution in [3.63, 3.8) is 0 Å². The Kier molecular flexibility index (Phi) is 7.47. The van der Waals surface area contributed by atoms with E-state index in [1.54, 1.807) is 0 Å². The minimum absolute atomic E-state index is 0.0515. The Labute approximate surface area is 161 Å². The lowest BCUT2D eigenvalue weighted by molar-refractivity contribution is 0.0195. The molecule has 1 unspecified atom stereocenters. The van der Waals surface area contributed by atoms with E-state index < -0.39 is 0 Å². The van der Waals surface area contributed by atoms with Gasteiger partial charge in [0.2, 0.25) is 0 Å². The number of amides is 1. The first kappa shape index (κ1) is 19.6. The summed E-state index contributed by atoms with van der Waals surface area (Å²) in [7, 11) is 0. The van der Waals surface area contributed by atoms with Crippen LogP contribution in [0.4, 0.5) is 0 Å². The number of ether oxygens (including phenoxy) is 1. The number of likely N-dealkylation sites (tertiary alicyclic amines) is 1. The van der Waals surface area contributed by atoms with Gasteiger partial charge >= 0.3 is 0 Å². The van der Waals surface area contributed by atoms with E-state index in [1.807, 2.05) is 30.3 Å². The molecule has 1 aromatic carbocycles. The predicted octanol–water partition coefficient (Wildman–Crippen LogP) is 0.788. The van der Waals surface area contributed by atoms with Crippen molar-refractivity contribution >= 4 is 11.9 Å². The van der Waals surface area contributed by atoms with Gasteiger partial charge in [0, 0.05) is 50.9 Å². The second kappa shape index (κ2) is 10.3. The van der Waals surface area contributed by atoms with Gasteiger partial charge in [0.1, 0.15) is 0 Å². The number of carbonyl (C=O) groups excluding carboxylic acids is 1. The molecule has 148 valence electrons. The summed E-state index contributed by atoms with van der Waals surface area (Å²) in [6.07, 6.45) is 1.16. The fourth-order valence-electron chi connectivity index (χ4n) is 3.62. The minimum Gasteiger partial charge on any atom is -0.379 e. The zero-order valence-corrected chi connectivity index (χ0v) is 16.2. The molecule has 2 saturated heterocycles. The Bertz CT molecular complexity index is 616. The maximum atomic E-state index is 12.1. The molecular formula is C20H31N5O2. The van der Waals surface area contributed by atoms with E-state index in [1.165, 1.54) is 0 Å². The molecule has 7 nitrogen and oxygen atoms in total. The van der Waals surface area contributed by atoms with Gasteiger partial charge in [-0.1, -0.05) is 18.2 Å². The van der Waals surface area contributed by atoms with Crippen LogP contribution >= 0.6 is 0 Å². The molecule has 0 saturated carbocycles. The third kappa shape index (κ3) is 5.68. The molecule has 2 aliphatic rings. The number of hydrogen-bond donors (Lipinski definition) is 2. The molecule has 7 heteroatoms. The van der Waals surface area contributed by atoms with Crippen molar-refractivity contribution in [2.24, 2.45) is 4.99 Å². The van der Waals surface area contributed by atoms with Crippen LogP contribution in [0.25, 0.3) is 0 Å². The Balaban J connectivity index is 1.47. The highest BCUT2D eigenvalue weighted by Crippen LogP contribution is 2.17. The van der Waals surface area contributed by atoms with Crippen LogP contribution < -0.4 is 10.6 Å². The minimum atomic E-state index is -0.0515. The van der Waals surface area contributed by atoms with Gasteiger partial charge in [-0.25, -0.2) is 0 Å². The zero-order valence-electron chi connectivity index (χ0n) is 16.2. The lowest BCUT2D eigenvalue weighted by Crippen LogP contribution is -2.46. The molecular weight excluding hydrogens is 342 g/mol. The molecule has 0 spiro atoms. The molecule has 1 aromatic rings. The van der Waals surface area contributed by atoms with E-state index in [0.717, 1.165) is 58.3 Å². The summed E-state index contributed by atoms with van der Waals surface area (Å²) < 4.78 is 5.46. The van der Waals surface area contributed by atoms with E-state index in [4.69, 9.17) is 9.73 Å². The van der Waals surface area contributed by atoms with Crippen molar-refractivity contribution in [3.05, 3.63) is 35.9 Å². The van der Waals surface area contributed by atoms with Crippen LogP contribution in [0.1, 0.15) is 23.7 Å². The summed E-state index contributed by atoms with van der Waals surface area (Å²) >= 11 is 0. The van der Waals surface area contributed by atoms with Crippen LogP contribution in [0.3, 0.4) is 0 Å². The lowest BCUT2D eigenvalue weighted by Gasteiger charge is -2.32. The molecule has 27 heavy (non-hydrogen) atoms. The van der Waals surface area contributed by atoms with Gasteiger partial charge in [0.05, 0.1) is 19.8 Å². The average molecular weight is 374 g/mol. The molecule has 0 bridgehead atoms. The van der Waals surface area contributed by atoms with Gasteiger partial charge in [-0.3, -0.25) is 14.7 Å². The number of aliphatic imine (C=N–C) groups is 1. The highest BCUT2D eigenvalue weighted by molar-refractivity contribution is 5.94. The Hall–Kier alpha value is -2.12. The molecule has 1 amide bonds. The molecule has 0 radical (unpaired) electrons. The highest BCUT2D eigenvalue weighted by Gasteiger charge is 2.30. The lowest BCUT2D eigenvalue weighted by atomic mass is 10.2. The molecule has 2 N–H and O–H groups in total. The van der Waals surface area contributed by atoms with Crippen LogP contribution in [0.2, 0.25) is 0 Å². The van der Waals surface area contributed by atoms with Crippen molar-refractivity contribution in [2.45, 2.75) is 19.4 Å². The quantitative estimate of drug-likeness (QED) is 0.438. The zero-order chi connectivity index (χ0) is 18.9. The van der Waals surface area contributed by atoms with E-state index in [-0.39, 0.29) is 5.91 Å². The van der Waals surface area contributed by atoms with Crippen LogP contribution in [0, 0.1) is 0 Å². The molecule has 2 fully saturated rings. The fourth-order valence-corrected chi connectivity index (χ4v) is 3.62. The van der Waals surface area contributed by atoms with E-state index in [2.05, 4.69) is 27.4 Å². The number of nitrogens with one attached hydrogen (secondary N) is 2. The third-order valence-corrected chi connectivity index (χ3v) is 5.05. The van der Waals surface area contributed by atoms with E-state index >= 15 is 0 Å². The Morgan fingerprint density at radius 2 is 1.96 bits per heavy atom. The van der Waals surface area contributed by atoms with Crippen LogP contribution in [0.5, 0.6) is 0 Å². The maximum Gasteiger partial charge on any atom is 0.251 e. The summed E-state index contributed by atoms with van der Waals surface area (Å²) in [6, 6.07) is 9.86. The predicted molar refractivity (Wildman–Crippen MR) is 107 cm³/mol. The van der Waals surface area contributed by atoms with Crippen molar-refractivity contribution in [1.82, 2.24) is 20.4 Å². The van der Waals surface area contributed by atoms with Gasteiger partial charge in [-0.05, 0) is 25.5 Å². The number of rotatable bonds is 6. The van der Waals surface area contributed by atoms with Gasteiger partial charge in [0.25, 0.3) is 5.91 Å². The summed E-state index contributed by atoms with van der Waals surface area (Å²) in [5.74, 6) is 0.895. The van der Waals surface area contributed by atoms with Gasteiger partial charge in [-0.15, -0.1) is 0 Å².